The second-order valence-electron chi connectivity index (χ2n) is 7.32. The van der Waals surface area contributed by atoms with Gasteiger partial charge in [0.15, 0.2) is 0 Å². The summed E-state index contributed by atoms with van der Waals surface area (Å²) < 4.78 is 10.7. The van der Waals surface area contributed by atoms with Crippen LogP contribution < -0.4 is 0 Å². The highest BCUT2D eigenvalue weighted by Crippen LogP contribution is 2.20. The quantitative estimate of drug-likeness (QED) is 0.732. The molecule has 0 bridgehead atoms. The van der Waals surface area contributed by atoms with Crippen LogP contribution in [-0.4, -0.2) is 72.7 Å². The second kappa shape index (κ2) is 8.11. The SMILES string of the molecule is CC(C)(C)OC(=O)CCN1CCCCC1C(=O)N1CCOCC1. The number of hydrogen-bond donors (Lipinski definition) is 0. The molecule has 6 heteroatoms. The lowest BCUT2D eigenvalue weighted by molar-refractivity contribution is -0.156. The number of rotatable bonds is 4. The Labute approximate surface area is 139 Å². The fourth-order valence-electron chi connectivity index (χ4n) is 3.16. The maximum atomic E-state index is 12.7. The first-order valence-electron chi connectivity index (χ1n) is 8.69. The molecule has 132 valence electrons. The van der Waals surface area contributed by atoms with Crippen molar-refractivity contribution in [1.82, 2.24) is 9.80 Å². The van der Waals surface area contributed by atoms with E-state index >= 15 is 0 Å². The van der Waals surface area contributed by atoms with Crippen molar-refractivity contribution in [3.8, 4) is 0 Å². The van der Waals surface area contributed by atoms with Gasteiger partial charge in [0, 0.05) is 19.6 Å². The molecule has 0 aliphatic carbocycles. The Balaban J connectivity index is 1.87. The summed E-state index contributed by atoms with van der Waals surface area (Å²) in [6, 6.07) is -0.0933. The Kier molecular flexibility index (Phi) is 6.41. The lowest BCUT2D eigenvalue weighted by Gasteiger charge is -2.38. The van der Waals surface area contributed by atoms with Crippen LogP contribution in [-0.2, 0) is 19.1 Å². The van der Waals surface area contributed by atoms with Crippen LogP contribution in [0.15, 0.2) is 0 Å². The van der Waals surface area contributed by atoms with E-state index in [1.165, 1.54) is 0 Å². The van der Waals surface area contributed by atoms with E-state index in [1.807, 2.05) is 25.7 Å². The number of carbonyl (C=O) groups excluding carboxylic acids is 2. The van der Waals surface area contributed by atoms with Gasteiger partial charge < -0.3 is 14.4 Å². The molecule has 0 radical (unpaired) electrons. The molecule has 23 heavy (non-hydrogen) atoms. The monoisotopic (exact) mass is 326 g/mol. The third-order valence-corrected chi connectivity index (χ3v) is 4.24. The average Bonchev–Trinajstić information content (AvgIpc) is 2.52. The van der Waals surface area contributed by atoms with E-state index in [9.17, 15) is 9.59 Å². The minimum Gasteiger partial charge on any atom is -0.460 e. The maximum absolute atomic E-state index is 12.7. The minimum atomic E-state index is -0.456. The van der Waals surface area contributed by atoms with E-state index in [0.29, 0.717) is 39.3 Å². The van der Waals surface area contributed by atoms with Crippen molar-refractivity contribution < 1.29 is 19.1 Å². The number of morpholine rings is 1. The Morgan fingerprint density at radius 1 is 1.13 bits per heavy atom. The molecule has 1 unspecified atom stereocenters. The minimum absolute atomic E-state index is 0.0933. The van der Waals surface area contributed by atoms with Gasteiger partial charge in [-0.3, -0.25) is 14.5 Å². The predicted molar refractivity (Wildman–Crippen MR) is 87.1 cm³/mol. The standard InChI is InChI=1S/C17H30N2O4/c1-17(2,3)23-15(20)7-9-18-8-5-4-6-14(18)16(21)19-10-12-22-13-11-19/h14H,4-13H2,1-3H3. The van der Waals surface area contributed by atoms with Crippen molar-refractivity contribution in [2.24, 2.45) is 0 Å². The fourth-order valence-corrected chi connectivity index (χ4v) is 3.16. The first kappa shape index (κ1) is 18.2. The molecule has 0 aromatic rings. The molecule has 0 aromatic carbocycles. The zero-order valence-corrected chi connectivity index (χ0v) is 14.7. The summed E-state index contributed by atoms with van der Waals surface area (Å²) in [5, 5.41) is 0. The number of nitrogens with zero attached hydrogens (tertiary/aromatic N) is 2. The zero-order valence-electron chi connectivity index (χ0n) is 14.7. The fraction of sp³-hybridized carbons (Fsp3) is 0.882. The van der Waals surface area contributed by atoms with Crippen LogP contribution in [0.3, 0.4) is 0 Å². The largest absolute Gasteiger partial charge is 0.460 e. The molecule has 2 aliphatic heterocycles. The summed E-state index contributed by atoms with van der Waals surface area (Å²) in [6.07, 6.45) is 3.37. The molecular weight excluding hydrogens is 296 g/mol. The van der Waals surface area contributed by atoms with Crippen molar-refractivity contribution in [3.63, 3.8) is 0 Å². The topological polar surface area (TPSA) is 59.1 Å². The van der Waals surface area contributed by atoms with Gasteiger partial charge in [-0.2, -0.15) is 0 Å². The van der Waals surface area contributed by atoms with Crippen molar-refractivity contribution >= 4 is 11.9 Å². The molecule has 0 saturated carbocycles. The van der Waals surface area contributed by atoms with E-state index in [4.69, 9.17) is 9.47 Å². The van der Waals surface area contributed by atoms with Gasteiger partial charge in [-0.1, -0.05) is 6.42 Å². The Morgan fingerprint density at radius 3 is 2.48 bits per heavy atom. The van der Waals surface area contributed by atoms with Crippen LogP contribution in [0, 0.1) is 0 Å². The van der Waals surface area contributed by atoms with Crippen LogP contribution in [0.2, 0.25) is 0 Å². The van der Waals surface area contributed by atoms with E-state index in [-0.39, 0.29) is 17.9 Å². The Bertz CT molecular complexity index is 413. The first-order valence-corrected chi connectivity index (χ1v) is 8.69. The maximum Gasteiger partial charge on any atom is 0.307 e. The molecule has 0 aromatic heterocycles. The Hall–Kier alpha value is -1.14. The van der Waals surface area contributed by atoms with Crippen LogP contribution >= 0.6 is 0 Å². The molecule has 2 saturated heterocycles. The van der Waals surface area contributed by atoms with Crippen LogP contribution in [0.5, 0.6) is 0 Å². The van der Waals surface area contributed by atoms with Crippen LogP contribution in [0.25, 0.3) is 0 Å². The van der Waals surface area contributed by atoms with Gasteiger partial charge in [-0.25, -0.2) is 0 Å². The number of piperidine rings is 1. The highest BCUT2D eigenvalue weighted by atomic mass is 16.6. The number of carbonyl (C=O) groups is 2. The molecule has 2 heterocycles. The van der Waals surface area contributed by atoms with Crippen molar-refractivity contribution in [2.45, 2.75) is 58.1 Å². The molecule has 2 rings (SSSR count). The molecule has 2 aliphatic rings. The highest BCUT2D eigenvalue weighted by molar-refractivity contribution is 5.82. The average molecular weight is 326 g/mol. The predicted octanol–water partition coefficient (Wildman–Crippen LogP) is 1.43. The summed E-state index contributed by atoms with van der Waals surface area (Å²) in [4.78, 5) is 28.7. The summed E-state index contributed by atoms with van der Waals surface area (Å²) in [6.45, 7) is 9.68. The van der Waals surface area contributed by atoms with Gasteiger partial charge in [0.2, 0.25) is 5.91 Å². The lowest BCUT2D eigenvalue weighted by Crippen LogP contribution is -2.53. The van der Waals surface area contributed by atoms with Gasteiger partial charge in [-0.05, 0) is 40.2 Å². The van der Waals surface area contributed by atoms with E-state index in [0.717, 1.165) is 25.8 Å². The van der Waals surface area contributed by atoms with Gasteiger partial charge >= 0.3 is 5.97 Å². The van der Waals surface area contributed by atoms with Crippen LogP contribution in [0.4, 0.5) is 0 Å². The number of esters is 1. The van der Waals surface area contributed by atoms with Gasteiger partial charge in [-0.15, -0.1) is 0 Å². The number of likely N-dealkylation sites (tertiary alicyclic amines) is 1. The normalized spacial score (nSPS) is 23.6. The third-order valence-electron chi connectivity index (χ3n) is 4.24. The molecular formula is C17H30N2O4. The van der Waals surface area contributed by atoms with Crippen molar-refractivity contribution in [1.29, 1.82) is 0 Å². The van der Waals surface area contributed by atoms with Gasteiger partial charge in [0.05, 0.1) is 25.7 Å². The number of hydrogen-bond acceptors (Lipinski definition) is 5. The van der Waals surface area contributed by atoms with Crippen LogP contribution in [0.1, 0.15) is 46.5 Å². The number of amides is 1. The van der Waals surface area contributed by atoms with E-state index < -0.39 is 5.60 Å². The van der Waals surface area contributed by atoms with Crippen molar-refractivity contribution in [2.75, 3.05) is 39.4 Å². The second-order valence-corrected chi connectivity index (χ2v) is 7.32. The third kappa shape index (κ3) is 5.77. The molecule has 0 N–H and O–H groups in total. The highest BCUT2D eigenvalue weighted by Gasteiger charge is 2.32. The Morgan fingerprint density at radius 2 is 1.83 bits per heavy atom. The zero-order chi connectivity index (χ0) is 16.9. The van der Waals surface area contributed by atoms with E-state index in [2.05, 4.69) is 4.90 Å². The smallest absolute Gasteiger partial charge is 0.307 e. The van der Waals surface area contributed by atoms with Crippen molar-refractivity contribution in [3.05, 3.63) is 0 Å². The van der Waals surface area contributed by atoms with Gasteiger partial charge in [0.25, 0.3) is 0 Å². The molecule has 1 amide bonds. The molecule has 6 nitrogen and oxygen atoms in total. The summed E-state index contributed by atoms with van der Waals surface area (Å²) in [7, 11) is 0. The summed E-state index contributed by atoms with van der Waals surface area (Å²) in [5.74, 6) is -0.00201. The summed E-state index contributed by atoms with van der Waals surface area (Å²) >= 11 is 0. The summed E-state index contributed by atoms with van der Waals surface area (Å²) in [5.41, 5.74) is -0.456. The molecule has 2 fully saturated rings. The first-order chi connectivity index (χ1) is 10.9. The molecule has 1 atom stereocenters. The number of ether oxygens (including phenoxy) is 2. The van der Waals surface area contributed by atoms with E-state index in [1.54, 1.807) is 0 Å². The molecule has 0 spiro atoms. The van der Waals surface area contributed by atoms with Gasteiger partial charge in [0.1, 0.15) is 5.60 Å². The lowest BCUT2D eigenvalue weighted by atomic mass is 10.0.